The molecule has 8 aromatic rings. The van der Waals surface area contributed by atoms with Crippen LogP contribution in [0.1, 0.15) is 125 Å². The van der Waals surface area contributed by atoms with Gasteiger partial charge >= 0.3 is 0 Å². The lowest BCUT2D eigenvalue weighted by Gasteiger charge is -2.41. The van der Waals surface area contributed by atoms with Crippen LogP contribution in [-0.4, -0.2) is 20.4 Å². The van der Waals surface area contributed by atoms with Gasteiger partial charge in [0.15, 0.2) is 0 Å². The van der Waals surface area contributed by atoms with Crippen molar-refractivity contribution >= 4 is 0 Å². The van der Waals surface area contributed by atoms with E-state index in [-0.39, 0.29) is 22.3 Å². The van der Waals surface area contributed by atoms with Crippen LogP contribution in [0.3, 0.4) is 0 Å². The summed E-state index contributed by atoms with van der Waals surface area (Å²) < 4.78 is 0. The van der Waals surface area contributed by atoms with Crippen LogP contribution in [0.25, 0.3) is 44.5 Å². The maximum atomic E-state index is 10.6. The van der Waals surface area contributed by atoms with Crippen LogP contribution in [0, 0.1) is 55.4 Å². The monoisotopic (exact) mass is 939 g/mol. The molecule has 4 N–H and O–H groups in total. The lowest BCUT2D eigenvalue weighted by Crippen LogP contribution is -2.32. The van der Waals surface area contributed by atoms with Crippen molar-refractivity contribution in [3.8, 4) is 67.5 Å². The Hall–Kier alpha value is -7.04. The summed E-state index contributed by atoms with van der Waals surface area (Å²) >= 11 is 0. The number of aromatic hydroxyl groups is 4. The minimum absolute atomic E-state index is 0.193. The molecule has 10 rings (SSSR count). The summed E-state index contributed by atoms with van der Waals surface area (Å²) in [6.45, 7) is 17.0. The molecule has 2 fully saturated rings. The van der Waals surface area contributed by atoms with Gasteiger partial charge in [0.2, 0.25) is 0 Å². The second-order valence-electron chi connectivity index (χ2n) is 21.4. The molecule has 0 spiro atoms. The third kappa shape index (κ3) is 10.1. The van der Waals surface area contributed by atoms with E-state index < -0.39 is 0 Å². The molecule has 0 bridgehead atoms. The summed E-state index contributed by atoms with van der Waals surface area (Å²) in [5.74, 6) is 1.16. The zero-order chi connectivity index (χ0) is 50.2. The number of phenols is 4. The second-order valence-corrected chi connectivity index (χ2v) is 21.4. The summed E-state index contributed by atoms with van der Waals surface area (Å²) in [4.78, 5) is 0. The maximum Gasteiger partial charge on any atom is 0.116 e. The van der Waals surface area contributed by atoms with Crippen molar-refractivity contribution in [2.75, 3.05) is 0 Å². The molecule has 4 nitrogen and oxygen atoms in total. The molecular weight excluding hydrogens is 869 g/mol. The SMILES string of the molecule is Cc1cc(C)cc(-c2cc(O)ccc2C2(c3ccc(O)cc3-c3cc(C)cc(C)c3)CCCC2)c1.Cc1cc(C)cc(-c2cc(O)ccc2C2(c3ccc(O)cc3-c3cc(C)cc(C)c3)CCCCC2)c1. The van der Waals surface area contributed by atoms with Crippen LogP contribution in [0.2, 0.25) is 0 Å². The van der Waals surface area contributed by atoms with Crippen molar-refractivity contribution in [1.29, 1.82) is 0 Å². The average molecular weight is 939 g/mol. The summed E-state index contributed by atoms with van der Waals surface area (Å²) in [6, 6.07) is 50.2. The van der Waals surface area contributed by atoms with Gasteiger partial charge in [0.25, 0.3) is 0 Å². The average Bonchev–Trinajstić information content (AvgIpc) is 3.81. The Morgan fingerprint density at radius 3 is 0.662 bits per heavy atom. The van der Waals surface area contributed by atoms with E-state index in [0.29, 0.717) is 11.5 Å². The smallest absolute Gasteiger partial charge is 0.116 e. The summed E-state index contributed by atoms with van der Waals surface area (Å²) in [5.41, 5.74) is 23.4. The molecule has 362 valence electrons. The summed E-state index contributed by atoms with van der Waals surface area (Å²) in [7, 11) is 0. The molecule has 8 aromatic carbocycles. The Morgan fingerprint density at radius 1 is 0.254 bits per heavy atom. The molecule has 0 amide bonds. The fraction of sp³-hybridized carbons (Fsp3) is 0.284. The van der Waals surface area contributed by atoms with Crippen molar-refractivity contribution in [1.82, 2.24) is 0 Å². The van der Waals surface area contributed by atoms with Crippen molar-refractivity contribution in [3.05, 3.63) is 212 Å². The second kappa shape index (κ2) is 20.0. The molecule has 0 unspecified atom stereocenters. The van der Waals surface area contributed by atoms with E-state index in [1.165, 1.54) is 73.2 Å². The van der Waals surface area contributed by atoms with Gasteiger partial charge in [-0.1, -0.05) is 174 Å². The van der Waals surface area contributed by atoms with Crippen molar-refractivity contribution in [2.24, 2.45) is 0 Å². The highest BCUT2D eigenvalue weighted by molar-refractivity contribution is 5.79. The molecule has 0 aromatic heterocycles. The molecule has 2 aliphatic rings. The van der Waals surface area contributed by atoms with Crippen LogP contribution in [0.15, 0.2) is 146 Å². The van der Waals surface area contributed by atoms with Gasteiger partial charge in [0.05, 0.1) is 0 Å². The molecule has 4 heteroatoms. The lowest BCUT2D eigenvalue weighted by atomic mass is 9.62. The lowest BCUT2D eigenvalue weighted by molar-refractivity contribution is 0.346. The first-order chi connectivity index (χ1) is 34.0. The largest absolute Gasteiger partial charge is 0.508 e. The van der Waals surface area contributed by atoms with E-state index in [0.717, 1.165) is 95.9 Å². The Labute approximate surface area is 422 Å². The van der Waals surface area contributed by atoms with E-state index in [1.807, 2.05) is 48.5 Å². The molecule has 71 heavy (non-hydrogen) atoms. The number of phenolic OH excluding ortho intramolecular Hbond substituents is 4. The van der Waals surface area contributed by atoms with Crippen LogP contribution in [-0.2, 0) is 10.8 Å². The first kappa shape index (κ1) is 49.0. The number of hydrogen-bond donors (Lipinski definition) is 4. The highest BCUT2D eigenvalue weighted by Gasteiger charge is 2.42. The number of aryl methyl sites for hydroxylation is 8. The summed E-state index contributed by atoms with van der Waals surface area (Å²) in [5, 5.41) is 42.2. The fourth-order valence-corrected chi connectivity index (χ4v) is 12.8. The van der Waals surface area contributed by atoms with Gasteiger partial charge in [0.1, 0.15) is 23.0 Å². The van der Waals surface area contributed by atoms with E-state index in [9.17, 15) is 20.4 Å². The normalized spacial score (nSPS) is 15.0. The molecule has 0 radical (unpaired) electrons. The van der Waals surface area contributed by atoms with Crippen LogP contribution in [0.4, 0.5) is 0 Å². The molecule has 0 aliphatic heterocycles. The highest BCUT2D eigenvalue weighted by Crippen LogP contribution is 2.54. The minimum atomic E-state index is -0.209. The predicted molar refractivity (Wildman–Crippen MR) is 295 cm³/mol. The van der Waals surface area contributed by atoms with Crippen molar-refractivity contribution in [3.63, 3.8) is 0 Å². The first-order valence-electron chi connectivity index (χ1n) is 25.7. The number of benzene rings is 8. The fourth-order valence-electron chi connectivity index (χ4n) is 12.8. The summed E-state index contributed by atoms with van der Waals surface area (Å²) in [6.07, 6.45) is 10.0. The van der Waals surface area contributed by atoms with Gasteiger partial charge in [-0.2, -0.15) is 0 Å². The third-order valence-electron chi connectivity index (χ3n) is 15.4. The molecule has 2 aliphatic carbocycles. The van der Waals surface area contributed by atoms with Gasteiger partial charge in [-0.25, -0.2) is 0 Å². The van der Waals surface area contributed by atoms with Gasteiger partial charge < -0.3 is 20.4 Å². The van der Waals surface area contributed by atoms with Crippen LogP contribution < -0.4 is 0 Å². The van der Waals surface area contributed by atoms with E-state index in [2.05, 4.69) is 152 Å². The number of rotatable bonds is 8. The van der Waals surface area contributed by atoms with Gasteiger partial charge in [-0.15, -0.1) is 0 Å². The Morgan fingerprint density at radius 2 is 0.451 bits per heavy atom. The topological polar surface area (TPSA) is 80.9 Å². The number of hydrogen-bond acceptors (Lipinski definition) is 4. The van der Waals surface area contributed by atoms with E-state index in [4.69, 9.17) is 0 Å². The standard InChI is InChI=1S/C34H36O2.C33H34O2/c1-22-14-23(2)17-26(16-22)30-20-28(35)8-10-32(30)34(12-6-5-7-13-34)33-11-9-29(36)21-31(33)27-18-24(3)15-25(4)19-27;1-21-13-22(2)16-25(15-21)29-19-27(34)7-9-31(29)33(11-5-6-12-33)32-10-8-28(35)20-30(32)26-17-23(3)14-24(4)18-26/h8-11,14-21,35-36H,5-7,12-13H2,1-4H3;7-10,13-20,34-35H,5-6,11-12H2,1-4H3. The Kier molecular flexibility index (Phi) is 13.8. The van der Waals surface area contributed by atoms with Crippen LogP contribution >= 0.6 is 0 Å². The van der Waals surface area contributed by atoms with Gasteiger partial charge in [-0.3, -0.25) is 0 Å². The quantitative estimate of drug-likeness (QED) is 0.122. The first-order valence-corrected chi connectivity index (χ1v) is 25.7. The third-order valence-corrected chi connectivity index (χ3v) is 15.4. The minimum Gasteiger partial charge on any atom is -0.508 e. The van der Waals surface area contributed by atoms with Gasteiger partial charge in [-0.05, 0) is 196 Å². The molecular formula is C67H70O4. The molecule has 0 heterocycles. The van der Waals surface area contributed by atoms with Gasteiger partial charge in [0, 0.05) is 10.8 Å². The predicted octanol–water partition coefficient (Wildman–Crippen LogP) is 17.4. The van der Waals surface area contributed by atoms with Crippen molar-refractivity contribution in [2.45, 2.75) is 124 Å². The van der Waals surface area contributed by atoms with E-state index >= 15 is 0 Å². The van der Waals surface area contributed by atoms with E-state index in [1.54, 1.807) is 0 Å². The maximum absolute atomic E-state index is 10.6. The Balaban J connectivity index is 0.000000176. The highest BCUT2D eigenvalue weighted by atomic mass is 16.3. The van der Waals surface area contributed by atoms with Crippen LogP contribution in [0.5, 0.6) is 23.0 Å². The molecule has 0 atom stereocenters. The molecule has 0 saturated heterocycles. The Bertz CT molecular complexity index is 2980. The van der Waals surface area contributed by atoms with Crippen molar-refractivity contribution < 1.29 is 20.4 Å². The zero-order valence-electron chi connectivity index (χ0n) is 43.0. The zero-order valence-corrected chi connectivity index (χ0v) is 43.0. The molecule has 2 saturated carbocycles.